The van der Waals surface area contributed by atoms with Crippen molar-refractivity contribution in [3.8, 4) is 0 Å². The minimum atomic E-state index is -3.59. The van der Waals surface area contributed by atoms with Gasteiger partial charge in [0.2, 0.25) is 11.8 Å². The Morgan fingerprint density at radius 1 is 1.17 bits per heavy atom. The average Bonchev–Trinajstić information content (AvgIpc) is 2.75. The van der Waals surface area contributed by atoms with Crippen LogP contribution < -0.4 is 10.6 Å². The number of thioether (sulfide) groups is 1. The molecule has 2 amide bonds. The molecule has 0 saturated heterocycles. The van der Waals surface area contributed by atoms with Crippen molar-refractivity contribution in [2.75, 3.05) is 17.6 Å². The van der Waals surface area contributed by atoms with E-state index in [-0.39, 0.29) is 34.1 Å². The number of nitrogens with one attached hydrogen (secondary N) is 2. The summed E-state index contributed by atoms with van der Waals surface area (Å²) in [6.45, 7) is 2.43. The Morgan fingerprint density at radius 2 is 1.93 bits per heavy atom. The normalized spacial score (nSPS) is 15.9. The molecule has 1 unspecified atom stereocenters. The number of anilines is 1. The molecule has 1 atom stereocenters. The lowest BCUT2D eigenvalue weighted by molar-refractivity contribution is -0.120. The molecule has 1 aliphatic rings. The molecule has 0 radical (unpaired) electrons. The molecule has 2 N–H and O–H groups in total. The summed E-state index contributed by atoms with van der Waals surface area (Å²) in [5, 5.41) is 5.38. The molecule has 0 fully saturated rings. The van der Waals surface area contributed by atoms with Gasteiger partial charge in [-0.3, -0.25) is 9.59 Å². The van der Waals surface area contributed by atoms with E-state index in [1.165, 1.54) is 23.4 Å². The fourth-order valence-corrected chi connectivity index (χ4v) is 5.60. The lowest BCUT2D eigenvalue weighted by Crippen LogP contribution is -2.28. The summed E-state index contributed by atoms with van der Waals surface area (Å²) in [5.74, 6) is -0.573. The Labute approximate surface area is 181 Å². The Kier molecular flexibility index (Phi) is 7.55. The smallest absolute Gasteiger partial charge is 0.237 e. The van der Waals surface area contributed by atoms with Gasteiger partial charge in [0, 0.05) is 17.9 Å². The third-order valence-electron chi connectivity index (χ3n) is 4.91. The Balaban J connectivity index is 1.50. The van der Waals surface area contributed by atoms with Gasteiger partial charge in [0.15, 0.2) is 9.84 Å². The first-order valence-corrected chi connectivity index (χ1v) is 12.6. The zero-order valence-corrected chi connectivity index (χ0v) is 18.5. The first-order chi connectivity index (χ1) is 14.4. The number of aryl methyl sites for hydroxylation is 1. The van der Waals surface area contributed by atoms with Gasteiger partial charge < -0.3 is 10.6 Å². The molecule has 0 aromatic heterocycles. The van der Waals surface area contributed by atoms with Crippen LogP contribution in [0.2, 0.25) is 0 Å². The van der Waals surface area contributed by atoms with E-state index in [9.17, 15) is 18.0 Å². The van der Waals surface area contributed by atoms with Crippen LogP contribution in [0.15, 0.2) is 58.3 Å². The van der Waals surface area contributed by atoms with Crippen molar-refractivity contribution < 1.29 is 18.0 Å². The number of carbonyl (C=O) groups is 2. The molecule has 1 aliphatic heterocycles. The number of fused-ring (bicyclic) bond motifs is 1. The summed E-state index contributed by atoms with van der Waals surface area (Å²) in [5.41, 5.74) is 1.84. The summed E-state index contributed by atoms with van der Waals surface area (Å²) in [6, 6.07) is 14.7. The van der Waals surface area contributed by atoms with Crippen LogP contribution in [0.4, 0.5) is 5.69 Å². The monoisotopic (exact) mass is 446 g/mol. The Hall–Kier alpha value is -2.32. The van der Waals surface area contributed by atoms with Crippen LogP contribution in [0.5, 0.6) is 0 Å². The van der Waals surface area contributed by atoms with E-state index < -0.39 is 9.84 Å². The highest BCUT2D eigenvalue weighted by atomic mass is 32.2. The summed E-state index contributed by atoms with van der Waals surface area (Å²) >= 11 is 1.38. The summed E-state index contributed by atoms with van der Waals surface area (Å²) in [7, 11) is -3.59. The molecule has 0 bridgehead atoms. The van der Waals surface area contributed by atoms with Crippen LogP contribution in [0.3, 0.4) is 0 Å². The van der Waals surface area contributed by atoms with Gasteiger partial charge in [-0.25, -0.2) is 8.42 Å². The van der Waals surface area contributed by atoms with Crippen molar-refractivity contribution >= 4 is 39.1 Å². The highest BCUT2D eigenvalue weighted by molar-refractivity contribution is 8.01. The first kappa shape index (κ1) is 22.4. The van der Waals surface area contributed by atoms with Crippen LogP contribution in [-0.2, 0) is 25.8 Å². The highest BCUT2D eigenvalue weighted by Crippen LogP contribution is 2.38. The van der Waals surface area contributed by atoms with Crippen LogP contribution >= 0.6 is 11.8 Å². The standard InChI is InChI=1S/C22H26N2O4S2/c1-2-19-22(26)24-18-11-10-17(15-20(18)29-19)30(27,28)14-12-21(25)23-13-6-9-16-7-4-3-5-8-16/h3-5,7-8,10-11,15,19H,2,6,9,12-14H2,1H3,(H,23,25)(H,24,26). The van der Waals surface area contributed by atoms with E-state index >= 15 is 0 Å². The van der Waals surface area contributed by atoms with Gasteiger partial charge >= 0.3 is 0 Å². The maximum Gasteiger partial charge on any atom is 0.237 e. The van der Waals surface area contributed by atoms with Gasteiger partial charge in [-0.15, -0.1) is 11.8 Å². The fraction of sp³-hybridized carbons (Fsp3) is 0.364. The van der Waals surface area contributed by atoms with Crippen LogP contribution in [0.25, 0.3) is 0 Å². The molecule has 0 aliphatic carbocycles. The minimum Gasteiger partial charge on any atom is -0.356 e. The first-order valence-electron chi connectivity index (χ1n) is 10.0. The second-order valence-corrected chi connectivity index (χ2v) is 10.5. The van der Waals surface area contributed by atoms with Crippen molar-refractivity contribution in [3.63, 3.8) is 0 Å². The maximum absolute atomic E-state index is 12.7. The number of sulfone groups is 1. The van der Waals surface area contributed by atoms with E-state index in [2.05, 4.69) is 10.6 Å². The average molecular weight is 447 g/mol. The van der Waals surface area contributed by atoms with E-state index in [0.29, 0.717) is 18.7 Å². The number of carbonyl (C=O) groups excluding carboxylic acids is 2. The van der Waals surface area contributed by atoms with Crippen molar-refractivity contribution in [3.05, 3.63) is 54.1 Å². The zero-order chi connectivity index (χ0) is 21.6. The zero-order valence-electron chi connectivity index (χ0n) is 16.9. The predicted molar refractivity (Wildman–Crippen MR) is 119 cm³/mol. The molecular weight excluding hydrogens is 420 g/mol. The number of rotatable bonds is 9. The van der Waals surface area contributed by atoms with Crippen molar-refractivity contribution in [2.24, 2.45) is 0 Å². The summed E-state index contributed by atoms with van der Waals surface area (Å²) < 4.78 is 25.4. The third kappa shape index (κ3) is 5.86. The number of hydrogen-bond donors (Lipinski definition) is 2. The molecule has 160 valence electrons. The van der Waals surface area contributed by atoms with Crippen LogP contribution in [0.1, 0.15) is 31.7 Å². The molecule has 0 saturated carbocycles. The lowest BCUT2D eigenvalue weighted by atomic mass is 10.1. The summed E-state index contributed by atoms with van der Waals surface area (Å²) in [4.78, 5) is 24.9. The molecule has 1 heterocycles. The molecule has 8 heteroatoms. The lowest BCUT2D eigenvalue weighted by Gasteiger charge is -2.23. The maximum atomic E-state index is 12.7. The second-order valence-electron chi connectivity index (χ2n) is 7.17. The minimum absolute atomic E-state index is 0.0606. The van der Waals surface area contributed by atoms with Gasteiger partial charge in [-0.2, -0.15) is 0 Å². The number of hydrogen-bond acceptors (Lipinski definition) is 5. The largest absolute Gasteiger partial charge is 0.356 e. The van der Waals surface area contributed by atoms with Gasteiger partial charge in [-0.05, 0) is 43.0 Å². The topological polar surface area (TPSA) is 92.3 Å². The SMILES string of the molecule is CCC1Sc2cc(S(=O)(=O)CCC(=O)NCCCc3ccccc3)ccc2NC1=O. The van der Waals surface area contributed by atoms with E-state index in [0.717, 1.165) is 17.7 Å². The quantitative estimate of drug-likeness (QED) is 0.576. The van der Waals surface area contributed by atoms with Gasteiger partial charge in [0.05, 0.1) is 21.6 Å². The Morgan fingerprint density at radius 3 is 2.67 bits per heavy atom. The molecule has 2 aromatic carbocycles. The van der Waals surface area contributed by atoms with Crippen molar-refractivity contribution in [1.82, 2.24) is 5.32 Å². The third-order valence-corrected chi connectivity index (χ3v) is 8.04. The van der Waals surface area contributed by atoms with E-state index in [1.807, 2.05) is 37.3 Å². The molecule has 6 nitrogen and oxygen atoms in total. The van der Waals surface area contributed by atoms with Gasteiger partial charge in [0.25, 0.3) is 0 Å². The second kappa shape index (κ2) is 10.1. The summed E-state index contributed by atoms with van der Waals surface area (Å²) in [6.07, 6.45) is 2.25. The van der Waals surface area contributed by atoms with Crippen molar-refractivity contribution in [1.29, 1.82) is 0 Å². The molecule has 3 rings (SSSR count). The predicted octanol–water partition coefficient (Wildman–Crippen LogP) is 3.42. The molecular formula is C22H26N2O4S2. The molecule has 2 aromatic rings. The van der Waals surface area contributed by atoms with Gasteiger partial charge in [-0.1, -0.05) is 37.3 Å². The van der Waals surface area contributed by atoms with E-state index in [4.69, 9.17) is 0 Å². The van der Waals surface area contributed by atoms with Crippen molar-refractivity contribution in [2.45, 2.75) is 47.6 Å². The number of amides is 2. The number of benzene rings is 2. The van der Waals surface area contributed by atoms with Gasteiger partial charge in [0.1, 0.15) is 0 Å². The van der Waals surface area contributed by atoms with E-state index in [1.54, 1.807) is 12.1 Å². The highest BCUT2D eigenvalue weighted by Gasteiger charge is 2.27. The fourth-order valence-electron chi connectivity index (χ4n) is 3.18. The van der Waals surface area contributed by atoms with Crippen LogP contribution in [-0.4, -0.2) is 37.8 Å². The molecule has 30 heavy (non-hydrogen) atoms. The molecule has 0 spiro atoms. The van der Waals surface area contributed by atoms with Crippen LogP contribution in [0, 0.1) is 0 Å². The Bertz CT molecular complexity index is 1010.